The van der Waals surface area contributed by atoms with Crippen LogP contribution in [-0.2, 0) is 32.7 Å². The summed E-state index contributed by atoms with van der Waals surface area (Å²) in [5.41, 5.74) is 0. The van der Waals surface area contributed by atoms with Gasteiger partial charge in [-0.05, 0) is 57.8 Å². The molecule has 3 N–H and O–H groups in total. The van der Waals surface area contributed by atoms with Crippen LogP contribution in [0.5, 0.6) is 0 Å². The van der Waals surface area contributed by atoms with E-state index in [4.69, 9.17) is 19.1 Å². The minimum Gasteiger partial charge on any atom is -0.462 e. The van der Waals surface area contributed by atoms with Gasteiger partial charge in [0.15, 0.2) is 6.10 Å². The number of phosphoric acid groups is 1. The molecule has 302 valence electrons. The summed E-state index contributed by atoms with van der Waals surface area (Å²) in [4.78, 5) is 34.9. The molecule has 0 rings (SSSR count). The van der Waals surface area contributed by atoms with Crippen molar-refractivity contribution in [2.24, 2.45) is 0 Å². The van der Waals surface area contributed by atoms with E-state index in [0.29, 0.717) is 12.8 Å². The monoisotopic (exact) mass is 756 g/mol. The second-order valence-corrected chi connectivity index (χ2v) is 14.8. The third kappa shape index (κ3) is 36.3. The van der Waals surface area contributed by atoms with Gasteiger partial charge >= 0.3 is 19.8 Å². The number of aliphatic hydroxyl groups excluding tert-OH is 2. The zero-order valence-corrected chi connectivity index (χ0v) is 33.4. The summed E-state index contributed by atoms with van der Waals surface area (Å²) < 4.78 is 32.6. The Hall–Kier alpha value is -2.07. The Bertz CT molecular complexity index is 1010. The van der Waals surface area contributed by atoms with Crippen LogP contribution >= 0.6 is 7.82 Å². The fourth-order valence-electron chi connectivity index (χ4n) is 5.16. The molecule has 0 fully saturated rings. The van der Waals surface area contributed by atoms with Gasteiger partial charge in [0.05, 0.1) is 19.8 Å². The summed E-state index contributed by atoms with van der Waals surface area (Å²) in [5.74, 6) is -0.962. The van der Waals surface area contributed by atoms with E-state index in [0.717, 1.165) is 70.6 Å². The van der Waals surface area contributed by atoms with Crippen LogP contribution in [0.4, 0.5) is 0 Å². The lowest BCUT2D eigenvalue weighted by Gasteiger charge is -2.20. The van der Waals surface area contributed by atoms with Crippen molar-refractivity contribution in [2.45, 2.75) is 174 Å². The molecule has 0 spiro atoms. The van der Waals surface area contributed by atoms with E-state index in [-0.39, 0.29) is 19.4 Å². The van der Waals surface area contributed by atoms with Crippen LogP contribution in [0, 0.1) is 0 Å². The molecular formula is C41H73O10P. The van der Waals surface area contributed by atoms with Crippen molar-refractivity contribution in [3.8, 4) is 0 Å². The van der Waals surface area contributed by atoms with Crippen molar-refractivity contribution in [3.63, 3.8) is 0 Å². The van der Waals surface area contributed by atoms with Crippen LogP contribution in [0.1, 0.15) is 162 Å². The van der Waals surface area contributed by atoms with E-state index in [9.17, 15) is 24.2 Å². The summed E-state index contributed by atoms with van der Waals surface area (Å²) in [5, 5.41) is 18.3. The molecule has 52 heavy (non-hydrogen) atoms. The van der Waals surface area contributed by atoms with Gasteiger partial charge in [-0.3, -0.25) is 18.6 Å². The Labute approximate surface area is 315 Å². The summed E-state index contributed by atoms with van der Waals surface area (Å²) in [6.45, 7) is 2.19. The van der Waals surface area contributed by atoms with Crippen LogP contribution in [0.3, 0.4) is 0 Å². The zero-order chi connectivity index (χ0) is 38.4. The average molecular weight is 757 g/mol. The van der Waals surface area contributed by atoms with Gasteiger partial charge < -0.3 is 24.6 Å². The fraction of sp³-hybridized carbons (Fsp3) is 0.756. The van der Waals surface area contributed by atoms with Crippen LogP contribution < -0.4 is 0 Å². The quantitative estimate of drug-likeness (QED) is 0.0184. The van der Waals surface area contributed by atoms with Gasteiger partial charge in [-0.1, -0.05) is 140 Å². The van der Waals surface area contributed by atoms with E-state index < -0.39 is 51.8 Å². The van der Waals surface area contributed by atoms with Crippen molar-refractivity contribution in [1.29, 1.82) is 0 Å². The summed E-state index contributed by atoms with van der Waals surface area (Å²) in [6.07, 6.45) is 37.9. The lowest BCUT2D eigenvalue weighted by atomic mass is 10.1. The van der Waals surface area contributed by atoms with Gasteiger partial charge in [0.2, 0.25) is 0 Å². The number of carbonyl (C=O) groups excluding carboxylic acids is 2. The van der Waals surface area contributed by atoms with Crippen molar-refractivity contribution >= 4 is 19.8 Å². The summed E-state index contributed by atoms with van der Waals surface area (Å²) >= 11 is 0. The molecule has 0 saturated heterocycles. The molecule has 0 bridgehead atoms. The molecular weight excluding hydrogens is 683 g/mol. The number of unbranched alkanes of at least 4 members (excludes halogenated alkanes) is 17. The van der Waals surface area contributed by atoms with Crippen LogP contribution in [0.15, 0.2) is 48.6 Å². The third-order valence-corrected chi connectivity index (χ3v) is 9.23. The minimum absolute atomic E-state index is 0.158. The average Bonchev–Trinajstić information content (AvgIpc) is 3.13. The lowest BCUT2D eigenvalue weighted by Crippen LogP contribution is -2.29. The molecule has 0 aliphatic carbocycles. The van der Waals surface area contributed by atoms with Crippen molar-refractivity contribution in [2.75, 3.05) is 26.4 Å². The molecule has 0 aliphatic rings. The Morgan fingerprint density at radius 1 is 0.596 bits per heavy atom. The predicted octanol–water partition coefficient (Wildman–Crippen LogP) is 10.2. The molecule has 0 aromatic rings. The number of phosphoric ester groups is 1. The number of rotatable bonds is 37. The van der Waals surface area contributed by atoms with Gasteiger partial charge in [-0.25, -0.2) is 4.57 Å². The smallest absolute Gasteiger partial charge is 0.462 e. The van der Waals surface area contributed by atoms with Crippen LogP contribution in [-0.4, -0.2) is 65.7 Å². The van der Waals surface area contributed by atoms with Gasteiger partial charge in [0.25, 0.3) is 0 Å². The Morgan fingerprint density at radius 3 is 1.63 bits per heavy atom. The van der Waals surface area contributed by atoms with Crippen molar-refractivity contribution in [1.82, 2.24) is 0 Å². The summed E-state index contributed by atoms with van der Waals surface area (Å²) in [7, 11) is -4.62. The number of hydrogen-bond donors (Lipinski definition) is 3. The first-order valence-corrected chi connectivity index (χ1v) is 21.6. The van der Waals surface area contributed by atoms with Crippen LogP contribution in [0.25, 0.3) is 0 Å². The number of ether oxygens (including phenoxy) is 2. The fourth-order valence-corrected chi connectivity index (χ4v) is 5.95. The molecule has 0 radical (unpaired) electrons. The van der Waals surface area contributed by atoms with E-state index in [1.54, 1.807) is 0 Å². The molecule has 0 aromatic heterocycles. The number of hydrogen-bond acceptors (Lipinski definition) is 9. The second kappa shape index (κ2) is 37.3. The van der Waals surface area contributed by atoms with Crippen molar-refractivity contribution in [3.05, 3.63) is 48.6 Å². The van der Waals surface area contributed by atoms with E-state index in [1.165, 1.54) is 51.4 Å². The van der Waals surface area contributed by atoms with Gasteiger partial charge in [0.1, 0.15) is 12.7 Å². The molecule has 10 nitrogen and oxygen atoms in total. The molecule has 0 aromatic carbocycles. The Morgan fingerprint density at radius 2 is 1.08 bits per heavy atom. The minimum atomic E-state index is -4.62. The van der Waals surface area contributed by atoms with E-state index >= 15 is 0 Å². The lowest BCUT2D eigenvalue weighted by molar-refractivity contribution is -0.161. The first-order chi connectivity index (χ1) is 25.2. The predicted molar refractivity (Wildman–Crippen MR) is 210 cm³/mol. The third-order valence-electron chi connectivity index (χ3n) is 8.28. The van der Waals surface area contributed by atoms with Crippen LogP contribution in [0.2, 0.25) is 0 Å². The van der Waals surface area contributed by atoms with Crippen molar-refractivity contribution < 1.29 is 47.8 Å². The number of allylic oxidation sites excluding steroid dienone is 8. The number of aliphatic hydroxyl groups is 2. The Kier molecular flexibility index (Phi) is 35.8. The zero-order valence-electron chi connectivity index (χ0n) is 32.5. The number of esters is 2. The van der Waals surface area contributed by atoms with Gasteiger partial charge in [-0.2, -0.15) is 0 Å². The molecule has 0 heterocycles. The molecule has 3 atom stereocenters. The largest absolute Gasteiger partial charge is 0.472 e. The second-order valence-electron chi connectivity index (χ2n) is 13.3. The first-order valence-electron chi connectivity index (χ1n) is 20.1. The standard InChI is InChI=1S/C41H73O10P/c1-3-5-7-9-11-13-15-17-18-19-21-22-24-26-28-30-32-40(44)48-36-39(37-50-52(46,47)49-35-38(43)34-42)51-41(45)33-31-29-27-25-23-20-16-14-12-10-8-6-4-2/h6,8,10,12,14,16,18-19,38-39,42-43H,3-5,7,9,11,13,15,17,20-37H2,1-2H3,(H,46,47)/b8-6+,12-10+,16-14+,19-18+/t38-,39?/m0/s1. The molecule has 0 amide bonds. The van der Waals surface area contributed by atoms with E-state index in [1.807, 2.05) is 24.3 Å². The molecule has 0 saturated carbocycles. The van der Waals surface area contributed by atoms with E-state index in [2.05, 4.69) is 42.7 Å². The highest BCUT2D eigenvalue weighted by atomic mass is 31.2. The molecule has 11 heteroatoms. The topological polar surface area (TPSA) is 149 Å². The van der Waals surface area contributed by atoms with Gasteiger partial charge in [0, 0.05) is 12.8 Å². The highest BCUT2D eigenvalue weighted by molar-refractivity contribution is 7.47. The SMILES string of the molecule is CC/C=C/C=C/C=C/CCCCCCCC(=O)OC(COC(=O)CCCCCCC/C=C/CCCCCCCCC)COP(=O)(O)OC[C@@H](O)CO. The van der Waals surface area contributed by atoms with Gasteiger partial charge in [-0.15, -0.1) is 0 Å². The highest BCUT2D eigenvalue weighted by Crippen LogP contribution is 2.43. The Balaban J connectivity index is 4.37. The highest BCUT2D eigenvalue weighted by Gasteiger charge is 2.27. The maximum absolute atomic E-state index is 12.5. The number of carbonyl (C=O) groups is 2. The maximum Gasteiger partial charge on any atom is 0.472 e. The molecule has 2 unspecified atom stereocenters. The normalized spacial score (nSPS) is 14.5. The maximum atomic E-state index is 12.5. The summed E-state index contributed by atoms with van der Waals surface area (Å²) in [6, 6.07) is 0. The first kappa shape index (κ1) is 49.9. The molecule has 0 aliphatic heterocycles.